The Hall–Kier alpha value is -1.58. The number of nitrogen functional groups attached to an aromatic ring is 1. The third kappa shape index (κ3) is 3.22. The van der Waals surface area contributed by atoms with Crippen molar-refractivity contribution in [2.45, 2.75) is 30.7 Å². The Morgan fingerprint density at radius 2 is 2.22 bits per heavy atom. The molecule has 3 N–H and O–H groups in total. The molecular weight excluding hydrogens is 255 g/mol. The van der Waals surface area contributed by atoms with Crippen LogP contribution in [0, 0.1) is 18.2 Å². The van der Waals surface area contributed by atoms with Gasteiger partial charge in [0.15, 0.2) is 0 Å². The zero-order valence-corrected chi connectivity index (χ0v) is 10.8. The summed E-state index contributed by atoms with van der Waals surface area (Å²) < 4.78 is 39.8. The predicted molar refractivity (Wildman–Crippen MR) is 68.7 cm³/mol. The quantitative estimate of drug-likeness (QED) is 0.629. The minimum Gasteiger partial charge on any atom is -0.398 e. The van der Waals surface area contributed by atoms with Crippen molar-refractivity contribution in [1.82, 2.24) is 4.72 Å². The number of nitrogens with one attached hydrogen (secondary N) is 1. The Kier molecular flexibility index (Phi) is 4.70. The van der Waals surface area contributed by atoms with Gasteiger partial charge in [-0.1, -0.05) is 25.3 Å². The van der Waals surface area contributed by atoms with Crippen molar-refractivity contribution in [3.63, 3.8) is 0 Å². The summed E-state index contributed by atoms with van der Waals surface area (Å²) in [5, 5.41) is 0. The van der Waals surface area contributed by atoms with Crippen molar-refractivity contribution in [3.8, 4) is 12.3 Å². The molecule has 1 atom stereocenters. The molecule has 6 heteroatoms. The van der Waals surface area contributed by atoms with E-state index in [2.05, 4.69) is 10.6 Å². The van der Waals surface area contributed by atoms with Gasteiger partial charge in [-0.05, 0) is 18.6 Å². The van der Waals surface area contributed by atoms with E-state index >= 15 is 0 Å². The van der Waals surface area contributed by atoms with Gasteiger partial charge in [0.25, 0.3) is 0 Å². The van der Waals surface area contributed by atoms with Crippen molar-refractivity contribution >= 4 is 15.7 Å². The zero-order chi connectivity index (χ0) is 13.8. The molecule has 0 aliphatic carbocycles. The first-order valence-corrected chi connectivity index (χ1v) is 6.93. The van der Waals surface area contributed by atoms with Crippen LogP contribution in [0.5, 0.6) is 0 Å². The fourth-order valence-electron chi connectivity index (χ4n) is 1.52. The summed E-state index contributed by atoms with van der Waals surface area (Å²) in [6.45, 7) is 1.87. The molecule has 0 radical (unpaired) electrons. The van der Waals surface area contributed by atoms with Crippen LogP contribution >= 0.6 is 0 Å². The summed E-state index contributed by atoms with van der Waals surface area (Å²) in [5.74, 6) is 1.42. The molecule has 0 aliphatic heterocycles. The van der Waals surface area contributed by atoms with E-state index in [1.54, 1.807) is 0 Å². The number of hydrogen-bond acceptors (Lipinski definition) is 3. The summed E-state index contributed by atoms with van der Waals surface area (Å²) in [7, 11) is -4.05. The number of halogens is 1. The van der Waals surface area contributed by atoms with Crippen molar-refractivity contribution in [1.29, 1.82) is 0 Å². The highest BCUT2D eigenvalue weighted by Gasteiger charge is 2.24. The van der Waals surface area contributed by atoms with Gasteiger partial charge in [-0.15, -0.1) is 6.42 Å². The van der Waals surface area contributed by atoms with Crippen LogP contribution in [0.2, 0.25) is 0 Å². The number of terminal acetylenes is 1. The standard InChI is InChI=1S/C12H15FN2O2S/c1-3-6-9(4-2)15-18(16,17)12-10(13)7-5-8-11(12)14/h2,5,7-9,15H,3,6,14H2,1H3. The maximum Gasteiger partial charge on any atom is 0.246 e. The summed E-state index contributed by atoms with van der Waals surface area (Å²) in [4.78, 5) is -0.554. The van der Waals surface area contributed by atoms with Gasteiger partial charge in [-0.2, -0.15) is 4.72 Å². The molecule has 0 spiro atoms. The Labute approximate surface area is 106 Å². The Balaban J connectivity index is 3.11. The molecule has 0 bridgehead atoms. The number of anilines is 1. The molecule has 0 saturated heterocycles. The fourth-order valence-corrected chi connectivity index (χ4v) is 2.90. The highest BCUT2D eigenvalue weighted by Crippen LogP contribution is 2.21. The van der Waals surface area contributed by atoms with Crippen LogP contribution in [0.3, 0.4) is 0 Å². The van der Waals surface area contributed by atoms with E-state index in [9.17, 15) is 12.8 Å². The highest BCUT2D eigenvalue weighted by molar-refractivity contribution is 7.89. The monoisotopic (exact) mass is 270 g/mol. The van der Waals surface area contributed by atoms with Gasteiger partial charge < -0.3 is 5.73 Å². The highest BCUT2D eigenvalue weighted by atomic mass is 32.2. The molecule has 0 fully saturated rings. The molecule has 0 aromatic heterocycles. The second kappa shape index (κ2) is 5.85. The molecule has 98 valence electrons. The molecule has 0 saturated carbocycles. The van der Waals surface area contributed by atoms with Crippen molar-refractivity contribution in [2.24, 2.45) is 0 Å². The largest absolute Gasteiger partial charge is 0.398 e. The minimum atomic E-state index is -4.05. The minimum absolute atomic E-state index is 0.144. The Morgan fingerprint density at radius 3 is 2.72 bits per heavy atom. The van der Waals surface area contributed by atoms with E-state index in [0.29, 0.717) is 12.8 Å². The molecule has 0 heterocycles. The number of hydrogen-bond donors (Lipinski definition) is 2. The van der Waals surface area contributed by atoms with Crippen LogP contribution in [0.15, 0.2) is 23.1 Å². The van der Waals surface area contributed by atoms with Crippen LogP contribution < -0.4 is 10.5 Å². The third-order valence-corrected chi connectivity index (χ3v) is 3.91. The number of sulfonamides is 1. The molecule has 0 aliphatic rings. The van der Waals surface area contributed by atoms with Crippen molar-refractivity contribution in [3.05, 3.63) is 24.0 Å². The number of nitrogens with two attached hydrogens (primary N) is 1. The molecule has 18 heavy (non-hydrogen) atoms. The SMILES string of the molecule is C#CC(CCC)NS(=O)(=O)c1c(N)cccc1F. The predicted octanol–water partition coefficient (Wildman–Crippen LogP) is 1.49. The van der Waals surface area contributed by atoms with Gasteiger partial charge in [0, 0.05) is 0 Å². The maximum absolute atomic E-state index is 13.5. The summed E-state index contributed by atoms with van der Waals surface area (Å²) >= 11 is 0. The van der Waals surface area contributed by atoms with Gasteiger partial charge in [0.2, 0.25) is 10.0 Å². The molecule has 4 nitrogen and oxygen atoms in total. The topological polar surface area (TPSA) is 72.2 Å². The molecule has 1 aromatic rings. The lowest BCUT2D eigenvalue weighted by Crippen LogP contribution is -2.34. The lowest BCUT2D eigenvalue weighted by Gasteiger charge is -2.14. The van der Waals surface area contributed by atoms with Crippen molar-refractivity contribution in [2.75, 3.05) is 5.73 Å². The van der Waals surface area contributed by atoms with E-state index in [1.807, 2.05) is 6.92 Å². The smallest absolute Gasteiger partial charge is 0.246 e. The third-order valence-electron chi connectivity index (χ3n) is 2.34. The number of rotatable bonds is 5. The van der Waals surface area contributed by atoms with E-state index in [-0.39, 0.29) is 5.69 Å². The van der Waals surface area contributed by atoms with Crippen LogP contribution in [0.25, 0.3) is 0 Å². The molecular formula is C12H15FN2O2S. The average Bonchev–Trinajstić information content (AvgIpc) is 2.27. The second-order valence-electron chi connectivity index (χ2n) is 3.79. The first-order valence-electron chi connectivity index (χ1n) is 5.44. The molecule has 0 amide bonds. The average molecular weight is 270 g/mol. The van der Waals surface area contributed by atoms with Crippen molar-refractivity contribution < 1.29 is 12.8 Å². The summed E-state index contributed by atoms with van der Waals surface area (Å²) in [5.41, 5.74) is 5.34. The van der Waals surface area contributed by atoms with Gasteiger partial charge >= 0.3 is 0 Å². The van der Waals surface area contributed by atoms with Crippen LogP contribution in [-0.2, 0) is 10.0 Å². The van der Waals surface area contributed by atoms with Gasteiger partial charge in [0.1, 0.15) is 10.7 Å². The van der Waals surface area contributed by atoms with E-state index < -0.39 is 26.8 Å². The fraction of sp³-hybridized carbons (Fsp3) is 0.333. The summed E-state index contributed by atoms with van der Waals surface area (Å²) in [6, 6.07) is 3.03. The Morgan fingerprint density at radius 1 is 1.56 bits per heavy atom. The lowest BCUT2D eigenvalue weighted by atomic mass is 10.2. The van der Waals surface area contributed by atoms with Gasteiger partial charge in [-0.25, -0.2) is 12.8 Å². The Bertz CT molecular complexity index is 544. The molecule has 1 aromatic carbocycles. The van der Waals surface area contributed by atoms with E-state index in [0.717, 1.165) is 6.07 Å². The van der Waals surface area contributed by atoms with Crippen LogP contribution in [0.1, 0.15) is 19.8 Å². The van der Waals surface area contributed by atoms with Crippen LogP contribution in [-0.4, -0.2) is 14.5 Å². The second-order valence-corrected chi connectivity index (χ2v) is 5.44. The normalized spacial score (nSPS) is 12.9. The van der Waals surface area contributed by atoms with E-state index in [4.69, 9.17) is 12.2 Å². The van der Waals surface area contributed by atoms with Gasteiger partial charge in [-0.3, -0.25) is 0 Å². The molecule has 1 unspecified atom stereocenters. The lowest BCUT2D eigenvalue weighted by molar-refractivity contribution is 0.547. The number of benzene rings is 1. The maximum atomic E-state index is 13.5. The first-order chi connectivity index (χ1) is 8.42. The van der Waals surface area contributed by atoms with E-state index in [1.165, 1.54) is 12.1 Å². The summed E-state index contributed by atoms with van der Waals surface area (Å²) in [6.07, 6.45) is 6.41. The first kappa shape index (κ1) is 14.5. The van der Waals surface area contributed by atoms with Gasteiger partial charge in [0.05, 0.1) is 11.7 Å². The molecule has 1 rings (SSSR count). The zero-order valence-electron chi connectivity index (χ0n) is 9.98. The van der Waals surface area contributed by atoms with Crippen LogP contribution in [0.4, 0.5) is 10.1 Å².